The quantitative estimate of drug-likeness (QED) is 0.777. The molecule has 0 fully saturated rings. The molecule has 25 heavy (non-hydrogen) atoms. The molecule has 132 valence electrons. The number of hydrogen-bond donors (Lipinski definition) is 2. The van der Waals surface area contributed by atoms with Gasteiger partial charge in [-0.1, -0.05) is 35.8 Å². The van der Waals surface area contributed by atoms with Crippen molar-refractivity contribution in [2.24, 2.45) is 5.92 Å². The lowest BCUT2D eigenvalue weighted by Gasteiger charge is -2.22. The second kappa shape index (κ2) is 8.25. The number of carbonyl (C=O) groups excluding carboxylic acids is 2. The Kier molecular flexibility index (Phi) is 6.31. The van der Waals surface area contributed by atoms with Crippen LogP contribution in [0.2, 0.25) is 0 Å². The first-order valence-electron chi connectivity index (χ1n) is 7.91. The summed E-state index contributed by atoms with van der Waals surface area (Å²) in [6.45, 7) is 5.45. The summed E-state index contributed by atoms with van der Waals surface area (Å²) in [5.41, 5.74) is 1.61. The highest BCUT2D eigenvalue weighted by atomic mass is 79.9. The molecule has 0 heterocycles. The van der Waals surface area contributed by atoms with E-state index in [4.69, 9.17) is 0 Å². The summed E-state index contributed by atoms with van der Waals surface area (Å²) in [4.78, 5) is 25.0. The van der Waals surface area contributed by atoms with Crippen molar-refractivity contribution in [3.8, 4) is 0 Å². The van der Waals surface area contributed by atoms with Crippen molar-refractivity contribution in [3.63, 3.8) is 0 Å². The molecule has 6 heteroatoms. The molecular weight excluding hydrogens is 387 g/mol. The largest absolute Gasteiger partial charge is 0.340 e. The van der Waals surface area contributed by atoms with Gasteiger partial charge in [-0.25, -0.2) is 4.39 Å². The summed E-state index contributed by atoms with van der Waals surface area (Å²) >= 11 is 3.32. The Morgan fingerprint density at radius 3 is 2.32 bits per heavy atom. The molecule has 2 aromatic carbocycles. The molecule has 2 N–H and O–H groups in total. The third kappa shape index (κ3) is 5.13. The predicted octanol–water partition coefficient (Wildman–Crippen LogP) is 4.29. The van der Waals surface area contributed by atoms with Crippen LogP contribution in [-0.2, 0) is 4.79 Å². The van der Waals surface area contributed by atoms with Crippen molar-refractivity contribution in [2.45, 2.75) is 26.8 Å². The molecule has 0 unspecified atom stereocenters. The smallest absolute Gasteiger partial charge is 0.251 e. The highest BCUT2D eigenvalue weighted by molar-refractivity contribution is 9.10. The molecular formula is C19H20BrFN2O2. The Bertz CT molecular complexity index is 775. The molecule has 4 nitrogen and oxygen atoms in total. The van der Waals surface area contributed by atoms with Gasteiger partial charge < -0.3 is 10.6 Å². The highest BCUT2D eigenvalue weighted by Crippen LogP contribution is 2.17. The van der Waals surface area contributed by atoms with Crippen LogP contribution in [0, 0.1) is 18.7 Å². The molecule has 0 aliphatic carbocycles. The van der Waals surface area contributed by atoms with Crippen molar-refractivity contribution >= 4 is 33.4 Å². The van der Waals surface area contributed by atoms with Gasteiger partial charge in [-0.2, -0.15) is 0 Å². The van der Waals surface area contributed by atoms with E-state index in [9.17, 15) is 14.0 Å². The summed E-state index contributed by atoms with van der Waals surface area (Å²) in [6.07, 6.45) is 0. The van der Waals surface area contributed by atoms with Crippen LogP contribution in [0.25, 0.3) is 0 Å². The summed E-state index contributed by atoms with van der Waals surface area (Å²) < 4.78 is 14.3. The van der Waals surface area contributed by atoms with Crippen molar-refractivity contribution in [3.05, 3.63) is 63.9 Å². The maximum Gasteiger partial charge on any atom is 0.251 e. The fourth-order valence-corrected chi connectivity index (χ4v) is 2.56. The fourth-order valence-electron chi connectivity index (χ4n) is 2.30. The van der Waals surface area contributed by atoms with Gasteiger partial charge in [0.25, 0.3) is 5.91 Å². The standard InChI is InChI=1S/C19H20BrFN2O2/c1-11(2)17(23-18(24)13-5-7-14(20)8-6-13)19(25)22-16-10-15(21)9-4-12(16)3/h4-11,17H,1-3H3,(H,22,25)(H,23,24)/t17-/m0/s1. The van der Waals surface area contributed by atoms with E-state index in [-0.39, 0.29) is 17.7 Å². The summed E-state index contributed by atoms with van der Waals surface area (Å²) in [6, 6.07) is 10.3. The lowest BCUT2D eigenvalue weighted by Crippen LogP contribution is -2.47. The molecule has 2 aromatic rings. The van der Waals surface area contributed by atoms with E-state index in [1.165, 1.54) is 12.1 Å². The lowest BCUT2D eigenvalue weighted by molar-refractivity contribution is -0.118. The zero-order valence-electron chi connectivity index (χ0n) is 14.3. The van der Waals surface area contributed by atoms with Gasteiger partial charge in [-0.3, -0.25) is 9.59 Å². The van der Waals surface area contributed by atoms with E-state index in [1.807, 2.05) is 13.8 Å². The minimum absolute atomic E-state index is 0.131. The molecule has 0 bridgehead atoms. The first-order chi connectivity index (χ1) is 11.8. The molecule has 0 aliphatic rings. The number of aryl methyl sites for hydroxylation is 1. The second-order valence-electron chi connectivity index (χ2n) is 6.15. The topological polar surface area (TPSA) is 58.2 Å². The van der Waals surface area contributed by atoms with Crippen LogP contribution < -0.4 is 10.6 Å². The van der Waals surface area contributed by atoms with E-state index in [0.717, 1.165) is 10.0 Å². The zero-order chi connectivity index (χ0) is 18.6. The summed E-state index contributed by atoms with van der Waals surface area (Å²) in [7, 11) is 0. The van der Waals surface area contributed by atoms with Crippen LogP contribution in [0.4, 0.5) is 10.1 Å². The predicted molar refractivity (Wildman–Crippen MR) is 100 cm³/mol. The third-order valence-electron chi connectivity index (χ3n) is 3.80. The number of anilines is 1. The summed E-state index contributed by atoms with van der Waals surface area (Å²) in [5.74, 6) is -1.28. The number of hydrogen-bond acceptors (Lipinski definition) is 2. The third-order valence-corrected chi connectivity index (χ3v) is 4.33. The first-order valence-corrected chi connectivity index (χ1v) is 8.70. The SMILES string of the molecule is Cc1ccc(F)cc1NC(=O)[C@@H](NC(=O)c1ccc(Br)cc1)C(C)C. The Morgan fingerprint density at radius 2 is 1.72 bits per heavy atom. The van der Waals surface area contributed by atoms with Gasteiger partial charge in [-0.05, 0) is 54.8 Å². The van der Waals surface area contributed by atoms with Crippen LogP contribution >= 0.6 is 15.9 Å². The van der Waals surface area contributed by atoms with Crippen molar-refractivity contribution in [1.29, 1.82) is 0 Å². The van der Waals surface area contributed by atoms with Gasteiger partial charge in [-0.15, -0.1) is 0 Å². The Labute approximate surface area is 154 Å². The van der Waals surface area contributed by atoms with Gasteiger partial charge in [0.2, 0.25) is 5.91 Å². The molecule has 2 rings (SSSR count). The van der Waals surface area contributed by atoms with E-state index in [0.29, 0.717) is 11.3 Å². The van der Waals surface area contributed by atoms with Crippen LogP contribution in [-0.4, -0.2) is 17.9 Å². The molecule has 1 atom stereocenters. The number of halogens is 2. The van der Waals surface area contributed by atoms with E-state index >= 15 is 0 Å². The maximum atomic E-state index is 13.4. The number of carbonyl (C=O) groups is 2. The second-order valence-corrected chi connectivity index (χ2v) is 7.07. The Morgan fingerprint density at radius 1 is 1.08 bits per heavy atom. The van der Waals surface area contributed by atoms with Gasteiger partial charge in [0.1, 0.15) is 11.9 Å². The first kappa shape index (κ1) is 19.1. The highest BCUT2D eigenvalue weighted by Gasteiger charge is 2.25. The van der Waals surface area contributed by atoms with Gasteiger partial charge in [0.05, 0.1) is 0 Å². The Balaban J connectivity index is 2.14. The molecule has 0 radical (unpaired) electrons. The molecule has 0 aromatic heterocycles. The van der Waals surface area contributed by atoms with Crippen LogP contribution in [0.1, 0.15) is 29.8 Å². The monoisotopic (exact) mass is 406 g/mol. The maximum absolute atomic E-state index is 13.4. The number of amides is 2. The van der Waals surface area contributed by atoms with E-state index in [2.05, 4.69) is 26.6 Å². The minimum Gasteiger partial charge on any atom is -0.340 e. The normalized spacial score (nSPS) is 11.9. The molecule has 0 spiro atoms. The van der Waals surface area contributed by atoms with Crippen molar-refractivity contribution < 1.29 is 14.0 Å². The number of nitrogens with one attached hydrogen (secondary N) is 2. The van der Waals surface area contributed by atoms with E-state index in [1.54, 1.807) is 37.3 Å². The number of benzene rings is 2. The van der Waals surface area contributed by atoms with Gasteiger partial charge in [0.15, 0.2) is 0 Å². The summed E-state index contributed by atoms with van der Waals surface area (Å²) in [5, 5.41) is 5.44. The molecule has 0 aliphatic heterocycles. The zero-order valence-corrected chi connectivity index (χ0v) is 15.9. The average Bonchev–Trinajstić information content (AvgIpc) is 2.56. The molecule has 2 amide bonds. The van der Waals surface area contributed by atoms with Crippen molar-refractivity contribution in [1.82, 2.24) is 5.32 Å². The number of rotatable bonds is 5. The van der Waals surface area contributed by atoms with Gasteiger partial charge >= 0.3 is 0 Å². The van der Waals surface area contributed by atoms with Gasteiger partial charge in [0, 0.05) is 15.7 Å². The van der Waals surface area contributed by atoms with Crippen LogP contribution in [0.5, 0.6) is 0 Å². The van der Waals surface area contributed by atoms with Crippen molar-refractivity contribution in [2.75, 3.05) is 5.32 Å². The van der Waals surface area contributed by atoms with Crippen LogP contribution in [0.3, 0.4) is 0 Å². The molecule has 0 saturated heterocycles. The fraction of sp³-hybridized carbons (Fsp3) is 0.263. The molecule has 0 saturated carbocycles. The minimum atomic E-state index is -0.737. The lowest BCUT2D eigenvalue weighted by atomic mass is 10.0. The Hall–Kier alpha value is -2.21. The van der Waals surface area contributed by atoms with Crippen LogP contribution in [0.15, 0.2) is 46.9 Å². The average molecular weight is 407 g/mol. The van der Waals surface area contributed by atoms with E-state index < -0.39 is 11.9 Å².